The molecule has 1 N–H and O–H groups in total. The highest BCUT2D eigenvalue weighted by molar-refractivity contribution is 6.31. The summed E-state index contributed by atoms with van der Waals surface area (Å²) in [5.74, 6) is 1.89. The van der Waals surface area contributed by atoms with Crippen LogP contribution in [0.15, 0.2) is 12.1 Å². The average Bonchev–Trinajstić information content (AvgIpc) is 2.35. The lowest BCUT2D eigenvalue weighted by Crippen LogP contribution is -2.16. The maximum atomic E-state index is 10.2. The molecule has 0 aliphatic carbocycles. The average molecular weight is 271 g/mol. The predicted octanol–water partition coefficient (Wildman–Crippen LogP) is 3.58. The SMILES string of the molecule is CC(C)CCC(O)c1cc2c(cc1Cl)OCCO2. The molecule has 1 unspecified atom stereocenters. The third-order valence-electron chi connectivity index (χ3n) is 3.04. The number of rotatable bonds is 4. The molecule has 0 amide bonds. The number of fused-ring (bicyclic) bond motifs is 1. The summed E-state index contributed by atoms with van der Waals surface area (Å²) in [6, 6.07) is 3.52. The number of benzene rings is 1. The molecule has 1 aliphatic heterocycles. The van der Waals surface area contributed by atoms with Crippen molar-refractivity contribution in [3.63, 3.8) is 0 Å². The molecule has 0 spiro atoms. The Morgan fingerprint density at radius 3 is 2.39 bits per heavy atom. The Morgan fingerprint density at radius 1 is 1.17 bits per heavy atom. The molecule has 100 valence electrons. The molecule has 0 saturated carbocycles. The molecule has 1 atom stereocenters. The zero-order valence-corrected chi connectivity index (χ0v) is 11.5. The molecule has 1 aliphatic rings. The monoisotopic (exact) mass is 270 g/mol. The van der Waals surface area contributed by atoms with Crippen molar-refractivity contribution in [2.24, 2.45) is 5.92 Å². The molecule has 4 heteroatoms. The van der Waals surface area contributed by atoms with E-state index in [0.29, 0.717) is 42.1 Å². The predicted molar refractivity (Wildman–Crippen MR) is 71.5 cm³/mol. The van der Waals surface area contributed by atoms with Gasteiger partial charge in [0.05, 0.1) is 11.1 Å². The van der Waals surface area contributed by atoms with Gasteiger partial charge in [-0.15, -0.1) is 0 Å². The van der Waals surface area contributed by atoms with E-state index >= 15 is 0 Å². The van der Waals surface area contributed by atoms with Crippen molar-refractivity contribution >= 4 is 11.6 Å². The van der Waals surface area contributed by atoms with E-state index in [-0.39, 0.29) is 0 Å². The Labute approximate surface area is 113 Å². The van der Waals surface area contributed by atoms with Gasteiger partial charge in [0.2, 0.25) is 0 Å². The third kappa shape index (κ3) is 3.09. The van der Waals surface area contributed by atoms with E-state index in [0.717, 1.165) is 12.0 Å². The van der Waals surface area contributed by atoms with Crippen LogP contribution in [0.25, 0.3) is 0 Å². The van der Waals surface area contributed by atoms with Crippen LogP contribution in [-0.2, 0) is 0 Å². The van der Waals surface area contributed by atoms with E-state index in [1.165, 1.54) is 0 Å². The number of hydrogen-bond acceptors (Lipinski definition) is 3. The van der Waals surface area contributed by atoms with Crippen molar-refractivity contribution < 1.29 is 14.6 Å². The minimum atomic E-state index is -0.546. The Balaban J connectivity index is 2.17. The van der Waals surface area contributed by atoms with Gasteiger partial charge in [-0.25, -0.2) is 0 Å². The summed E-state index contributed by atoms with van der Waals surface area (Å²) >= 11 is 6.18. The smallest absolute Gasteiger partial charge is 0.162 e. The van der Waals surface area contributed by atoms with Crippen molar-refractivity contribution in [2.75, 3.05) is 13.2 Å². The number of ether oxygens (including phenoxy) is 2. The Kier molecular flexibility index (Phi) is 4.36. The van der Waals surface area contributed by atoms with E-state index in [4.69, 9.17) is 21.1 Å². The van der Waals surface area contributed by atoms with Gasteiger partial charge >= 0.3 is 0 Å². The topological polar surface area (TPSA) is 38.7 Å². The second kappa shape index (κ2) is 5.81. The molecule has 0 aromatic heterocycles. The summed E-state index contributed by atoms with van der Waals surface area (Å²) < 4.78 is 10.9. The van der Waals surface area contributed by atoms with Crippen molar-refractivity contribution in [2.45, 2.75) is 32.8 Å². The molecule has 0 bridgehead atoms. The second-order valence-corrected chi connectivity index (χ2v) is 5.41. The van der Waals surface area contributed by atoms with Gasteiger partial charge in [-0.1, -0.05) is 25.4 Å². The number of halogens is 1. The molecule has 1 aromatic carbocycles. The van der Waals surface area contributed by atoms with E-state index in [1.54, 1.807) is 12.1 Å². The zero-order chi connectivity index (χ0) is 13.1. The van der Waals surface area contributed by atoms with Crippen LogP contribution in [0.4, 0.5) is 0 Å². The Bertz CT molecular complexity index is 418. The summed E-state index contributed by atoms with van der Waals surface area (Å²) in [5.41, 5.74) is 0.724. The standard InChI is InChI=1S/C14H19ClO3/c1-9(2)3-4-12(16)10-7-13-14(8-11(10)15)18-6-5-17-13/h7-9,12,16H,3-6H2,1-2H3. The largest absolute Gasteiger partial charge is 0.486 e. The summed E-state index contributed by atoms with van der Waals surface area (Å²) in [6.07, 6.45) is 1.12. The lowest BCUT2D eigenvalue weighted by atomic mass is 9.99. The summed E-state index contributed by atoms with van der Waals surface area (Å²) in [7, 11) is 0. The first kappa shape index (κ1) is 13.5. The third-order valence-corrected chi connectivity index (χ3v) is 3.37. The first-order valence-electron chi connectivity index (χ1n) is 6.35. The first-order valence-corrected chi connectivity index (χ1v) is 6.73. The Hall–Kier alpha value is -0.930. The molecular weight excluding hydrogens is 252 g/mol. The minimum Gasteiger partial charge on any atom is -0.486 e. The first-order chi connectivity index (χ1) is 8.58. The molecular formula is C14H19ClO3. The van der Waals surface area contributed by atoms with Crippen LogP contribution in [-0.4, -0.2) is 18.3 Å². The van der Waals surface area contributed by atoms with E-state index in [1.807, 2.05) is 0 Å². The lowest BCUT2D eigenvalue weighted by Gasteiger charge is -2.21. The van der Waals surface area contributed by atoms with Crippen LogP contribution in [0.2, 0.25) is 5.02 Å². The van der Waals surface area contributed by atoms with Crippen molar-refractivity contribution in [1.82, 2.24) is 0 Å². The molecule has 3 nitrogen and oxygen atoms in total. The summed E-state index contributed by atoms with van der Waals surface area (Å²) in [4.78, 5) is 0. The maximum Gasteiger partial charge on any atom is 0.162 e. The normalized spacial score (nSPS) is 15.8. The van der Waals surface area contributed by atoms with Gasteiger partial charge in [-0.3, -0.25) is 0 Å². The second-order valence-electron chi connectivity index (χ2n) is 5.00. The van der Waals surface area contributed by atoms with Gasteiger partial charge in [-0.2, -0.15) is 0 Å². The van der Waals surface area contributed by atoms with Crippen molar-refractivity contribution in [3.05, 3.63) is 22.7 Å². The zero-order valence-electron chi connectivity index (χ0n) is 10.8. The highest BCUT2D eigenvalue weighted by atomic mass is 35.5. The van der Waals surface area contributed by atoms with E-state index in [2.05, 4.69) is 13.8 Å². The van der Waals surface area contributed by atoms with E-state index in [9.17, 15) is 5.11 Å². The van der Waals surface area contributed by atoms with Gasteiger partial charge in [-0.05, 0) is 24.8 Å². The van der Waals surface area contributed by atoms with Gasteiger partial charge in [0.25, 0.3) is 0 Å². The summed E-state index contributed by atoms with van der Waals surface area (Å²) in [5, 5.41) is 10.7. The van der Waals surface area contributed by atoms with Crippen molar-refractivity contribution in [1.29, 1.82) is 0 Å². The Morgan fingerprint density at radius 2 is 1.78 bits per heavy atom. The fourth-order valence-electron chi connectivity index (χ4n) is 1.98. The fourth-order valence-corrected chi connectivity index (χ4v) is 2.26. The van der Waals surface area contributed by atoms with Crippen LogP contribution < -0.4 is 9.47 Å². The molecule has 1 aromatic rings. The molecule has 0 fully saturated rings. The lowest BCUT2D eigenvalue weighted by molar-refractivity contribution is 0.154. The van der Waals surface area contributed by atoms with Crippen LogP contribution in [0.1, 0.15) is 38.4 Å². The molecule has 0 radical (unpaired) electrons. The molecule has 0 saturated heterocycles. The molecule has 1 heterocycles. The van der Waals surface area contributed by atoms with Crippen LogP contribution in [0.5, 0.6) is 11.5 Å². The highest BCUT2D eigenvalue weighted by Gasteiger charge is 2.19. The quantitative estimate of drug-likeness (QED) is 0.909. The van der Waals surface area contributed by atoms with Gasteiger partial charge in [0.15, 0.2) is 11.5 Å². The van der Waals surface area contributed by atoms with Gasteiger partial charge in [0, 0.05) is 11.6 Å². The summed E-state index contributed by atoms with van der Waals surface area (Å²) in [6.45, 7) is 5.35. The number of hydrogen-bond donors (Lipinski definition) is 1. The highest BCUT2D eigenvalue weighted by Crippen LogP contribution is 2.38. The van der Waals surface area contributed by atoms with Crippen LogP contribution in [0.3, 0.4) is 0 Å². The van der Waals surface area contributed by atoms with E-state index < -0.39 is 6.10 Å². The fraction of sp³-hybridized carbons (Fsp3) is 0.571. The van der Waals surface area contributed by atoms with Crippen molar-refractivity contribution in [3.8, 4) is 11.5 Å². The maximum absolute atomic E-state index is 10.2. The number of aliphatic hydroxyl groups excluding tert-OH is 1. The van der Waals surface area contributed by atoms with Gasteiger partial charge < -0.3 is 14.6 Å². The van der Waals surface area contributed by atoms with Crippen LogP contribution in [0, 0.1) is 5.92 Å². The van der Waals surface area contributed by atoms with Crippen LogP contribution >= 0.6 is 11.6 Å². The number of aliphatic hydroxyl groups is 1. The van der Waals surface area contributed by atoms with Gasteiger partial charge in [0.1, 0.15) is 13.2 Å². The molecule has 2 rings (SSSR count). The molecule has 18 heavy (non-hydrogen) atoms. The minimum absolute atomic E-state index is 0.538.